The van der Waals surface area contributed by atoms with Gasteiger partial charge in [-0.2, -0.15) is 0 Å². The Hall–Kier alpha value is -4.94. The van der Waals surface area contributed by atoms with Gasteiger partial charge in [-0.3, -0.25) is 0 Å². The van der Waals surface area contributed by atoms with Crippen molar-refractivity contribution in [1.82, 2.24) is 0 Å². The fourth-order valence-corrected chi connectivity index (χ4v) is 6.18. The Morgan fingerprint density at radius 3 is 2.07 bits per heavy atom. The second-order valence-corrected chi connectivity index (χ2v) is 10.4. The van der Waals surface area contributed by atoms with Crippen LogP contribution in [0.4, 0.5) is 0 Å². The van der Waals surface area contributed by atoms with Crippen LogP contribution in [0.3, 0.4) is 0 Å². The molecular formula is C43H42. The minimum Gasteiger partial charge on any atom is -0.0984 e. The Balaban J connectivity index is 0.00000423. The maximum Gasteiger partial charge on any atom is -0.00201 e. The largest absolute Gasteiger partial charge is 0.0984 e. The molecule has 0 unspecified atom stereocenters. The van der Waals surface area contributed by atoms with Gasteiger partial charge in [-0.25, -0.2) is 0 Å². The highest BCUT2D eigenvalue weighted by molar-refractivity contribution is 6.13. The number of hydrogen-bond donors (Lipinski definition) is 0. The minimum atomic E-state index is 0. The summed E-state index contributed by atoms with van der Waals surface area (Å²) >= 11 is 0. The quantitative estimate of drug-likeness (QED) is 0.170. The van der Waals surface area contributed by atoms with Crippen molar-refractivity contribution in [1.29, 1.82) is 0 Å². The van der Waals surface area contributed by atoms with E-state index in [0.29, 0.717) is 0 Å². The minimum absolute atomic E-state index is 0. The summed E-state index contributed by atoms with van der Waals surface area (Å²) < 4.78 is 0. The number of fused-ring (bicyclic) bond motifs is 2. The van der Waals surface area contributed by atoms with Crippen molar-refractivity contribution in [2.75, 3.05) is 0 Å². The van der Waals surface area contributed by atoms with Crippen LogP contribution >= 0.6 is 0 Å². The van der Waals surface area contributed by atoms with Crippen LogP contribution in [0, 0.1) is 0 Å². The Morgan fingerprint density at radius 2 is 1.40 bits per heavy atom. The van der Waals surface area contributed by atoms with E-state index in [1.165, 1.54) is 27.0 Å². The maximum absolute atomic E-state index is 4.33. The fraction of sp³-hybridized carbons (Fsp3) is 0.116. The van der Waals surface area contributed by atoms with Gasteiger partial charge in [-0.1, -0.05) is 157 Å². The smallest absolute Gasteiger partial charge is 0.00201 e. The molecule has 0 amide bonds. The first-order valence-electron chi connectivity index (χ1n) is 14.7. The normalized spacial score (nSPS) is 12.4. The number of rotatable bonds is 10. The van der Waals surface area contributed by atoms with Gasteiger partial charge in [-0.05, 0) is 102 Å². The van der Waals surface area contributed by atoms with Crippen molar-refractivity contribution in [3.8, 4) is 22.3 Å². The van der Waals surface area contributed by atoms with Crippen LogP contribution in [0.1, 0.15) is 61.4 Å². The van der Waals surface area contributed by atoms with Gasteiger partial charge in [-0.15, -0.1) is 0 Å². The van der Waals surface area contributed by atoms with Crippen LogP contribution in [-0.2, 0) is 0 Å². The lowest BCUT2D eigenvalue weighted by Crippen LogP contribution is -2.28. The van der Waals surface area contributed by atoms with E-state index in [-0.39, 0.29) is 7.43 Å². The van der Waals surface area contributed by atoms with E-state index in [1.54, 1.807) is 0 Å². The van der Waals surface area contributed by atoms with Crippen LogP contribution in [0.15, 0.2) is 112 Å². The summed E-state index contributed by atoms with van der Waals surface area (Å²) in [6.45, 7) is 23.2. The molecule has 0 nitrogen and oxygen atoms in total. The van der Waals surface area contributed by atoms with Crippen molar-refractivity contribution in [3.05, 3.63) is 150 Å². The summed E-state index contributed by atoms with van der Waals surface area (Å²) in [6, 6.07) is 19.8. The Labute approximate surface area is 258 Å². The van der Waals surface area contributed by atoms with Gasteiger partial charge in [0.2, 0.25) is 0 Å². The molecule has 4 aromatic carbocycles. The summed E-state index contributed by atoms with van der Waals surface area (Å²) in [4.78, 5) is 0. The van der Waals surface area contributed by atoms with Gasteiger partial charge in [0, 0.05) is 0 Å². The Bertz CT molecular complexity index is 1930. The highest BCUT2D eigenvalue weighted by Gasteiger charge is 2.22. The number of allylic oxidation sites excluding steroid dienone is 5. The lowest BCUT2D eigenvalue weighted by molar-refractivity contribution is 1.12. The molecule has 0 atom stereocenters. The van der Waals surface area contributed by atoms with E-state index in [1.807, 2.05) is 30.4 Å². The van der Waals surface area contributed by atoms with Crippen molar-refractivity contribution in [2.24, 2.45) is 0 Å². The first kappa shape index (κ1) is 31.0. The molecule has 0 heteroatoms. The van der Waals surface area contributed by atoms with Crippen LogP contribution in [-0.4, -0.2) is 0 Å². The average molecular weight is 559 g/mol. The van der Waals surface area contributed by atoms with Crippen LogP contribution in [0.2, 0.25) is 0 Å². The van der Waals surface area contributed by atoms with E-state index >= 15 is 0 Å². The SMILES string of the molecule is C.C=C/C(=C\C=C/CC)c1ccc2c(-c3cccc4c3=CCCC=4)c(C=C)c(C=C)c(-c3cccc(C=C)c3C=C)c2c1. The van der Waals surface area contributed by atoms with Gasteiger partial charge in [0.25, 0.3) is 0 Å². The molecule has 0 aliphatic heterocycles. The fourth-order valence-electron chi connectivity index (χ4n) is 6.18. The van der Waals surface area contributed by atoms with Gasteiger partial charge in [0.15, 0.2) is 0 Å². The summed E-state index contributed by atoms with van der Waals surface area (Å²) in [7, 11) is 0. The molecule has 0 saturated heterocycles. The topological polar surface area (TPSA) is 0 Å². The highest BCUT2D eigenvalue weighted by atomic mass is 14.2. The monoisotopic (exact) mass is 558 g/mol. The first-order valence-corrected chi connectivity index (χ1v) is 14.7. The van der Waals surface area contributed by atoms with E-state index < -0.39 is 0 Å². The molecule has 214 valence electrons. The lowest BCUT2D eigenvalue weighted by Gasteiger charge is -2.23. The third kappa shape index (κ3) is 5.62. The van der Waals surface area contributed by atoms with Crippen LogP contribution < -0.4 is 10.4 Å². The molecule has 0 N–H and O–H groups in total. The van der Waals surface area contributed by atoms with Crippen molar-refractivity contribution < 1.29 is 0 Å². The van der Waals surface area contributed by atoms with Gasteiger partial charge >= 0.3 is 0 Å². The molecule has 1 aliphatic carbocycles. The number of hydrogen-bond acceptors (Lipinski definition) is 0. The summed E-state index contributed by atoms with van der Waals surface area (Å²) in [5, 5.41) is 4.90. The molecule has 5 rings (SSSR count). The van der Waals surface area contributed by atoms with Crippen molar-refractivity contribution >= 4 is 52.8 Å². The summed E-state index contributed by atoms with van der Waals surface area (Å²) in [5.74, 6) is 0. The molecule has 4 aromatic rings. The standard InChI is InChI=1S/C42H38.CH4/c1-7-13-14-19-29(8-2)32-26-27-39-40(28-32)42(37-24-17-21-30(9-3)33(37)10-4)35(12-6)34(11-5)41(39)38-25-18-22-31-20-15-16-23-36(31)38;/h8-14,17-28H,2-7,15-16H2,1H3;1H4/b14-13-,29-19+;. The second-order valence-electron chi connectivity index (χ2n) is 10.4. The molecule has 0 fully saturated rings. The molecule has 0 bridgehead atoms. The zero-order valence-corrected chi connectivity index (χ0v) is 24.6. The van der Waals surface area contributed by atoms with Crippen LogP contribution in [0.5, 0.6) is 0 Å². The molecule has 1 aliphatic rings. The molecule has 0 heterocycles. The lowest BCUT2D eigenvalue weighted by atomic mass is 9.80. The van der Waals surface area contributed by atoms with E-state index in [4.69, 9.17) is 0 Å². The van der Waals surface area contributed by atoms with E-state index in [0.717, 1.165) is 69.2 Å². The molecule has 0 saturated carbocycles. The predicted molar refractivity (Wildman–Crippen MR) is 197 cm³/mol. The second kappa shape index (κ2) is 13.8. The van der Waals surface area contributed by atoms with Crippen molar-refractivity contribution in [3.63, 3.8) is 0 Å². The van der Waals surface area contributed by atoms with E-state index in [2.05, 4.69) is 125 Å². The predicted octanol–water partition coefficient (Wildman–Crippen LogP) is 11.3. The van der Waals surface area contributed by atoms with Gasteiger partial charge in [0.1, 0.15) is 0 Å². The molecule has 0 spiro atoms. The Morgan fingerprint density at radius 1 is 0.721 bits per heavy atom. The van der Waals surface area contributed by atoms with Gasteiger partial charge in [0.05, 0.1) is 0 Å². The zero-order valence-electron chi connectivity index (χ0n) is 24.6. The average Bonchev–Trinajstić information content (AvgIpc) is 3.04. The third-order valence-electron chi connectivity index (χ3n) is 8.12. The molecule has 0 radical (unpaired) electrons. The van der Waals surface area contributed by atoms with E-state index in [9.17, 15) is 0 Å². The molecule has 0 aromatic heterocycles. The van der Waals surface area contributed by atoms with Crippen molar-refractivity contribution in [2.45, 2.75) is 33.6 Å². The number of benzene rings is 4. The molecule has 43 heavy (non-hydrogen) atoms. The highest BCUT2D eigenvalue weighted by Crippen LogP contribution is 2.45. The van der Waals surface area contributed by atoms with Crippen LogP contribution in [0.25, 0.3) is 75.1 Å². The van der Waals surface area contributed by atoms with Gasteiger partial charge < -0.3 is 0 Å². The summed E-state index contributed by atoms with van der Waals surface area (Å²) in [6.07, 6.45) is 23.9. The maximum atomic E-state index is 4.33. The third-order valence-corrected chi connectivity index (χ3v) is 8.12. The molecular weight excluding hydrogens is 516 g/mol. The summed E-state index contributed by atoms with van der Waals surface area (Å²) in [5.41, 5.74) is 11.0. The first-order chi connectivity index (χ1) is 20.6. The zero-order chi connectivity index (χ0) is 29.6. The Kier molecular flexibility index (Phi) is 9.96.